The molecule has 0 unspecified atom stereocenters. The Morgan fingerprint density at radius 2 is 1.40 bits per heavy atom. The Morgan fingerprint density at radius 3 is 2.10 bits per heavy atom. The Kier molecular flexibility index (Phi) is 3.64. The van der Waals surface area contributed by atoms with Crippen LogP contribution in [0.3, 0.4) is 0 Å². The average Bonchev–Trinajstić information content (AvgIpc) is 2.55. The summed E-state index contributed by atoms with van der Waals surface area (Å²) in [5.74, 6) is 0.671. The van der Waals surface area contributed by atoms with Gasteiger partial charge in [0.05, 0.1) is 12.2 Å². The molecule has 3 aromatic rings. The number of hydrogen-bond acceptors (Lipinski definition) is 4. The number of pyridine rings is 1. The summed E-state index contributed by atoms with van der Waals surface area (Å²) in [5, 5.41) is 0. The molecule has 0 N–H and O–H groups in total. The van der Waals surface area contributed by atoms with Crippen LogP contribution in [0.2, 0.25) is 0 Å². The number of nitrogens with zero attached hydrogens (tertiary/aromatic N) is 4. The molecule has 2 heterocycles. The zero-order valence-corrected chi connectivity index (χ0v) is 10.9. The molecule has 0 spiro atoms. The number of rotatable bonds is 4. The Balaban J connectivity index is 1.96. The normalized spacial score (nSPS) is 10.2. The first-order valence-corrected chi connectivity index (χ1v) is 6.43. The van der Waals surface area contributed by atoms with Gasteiger partial charge >= 0.3 is 0 Å². The van der Waals surface area contributed by atoms with Gasteiger partial charge in [-0.1, -0.05) is 24.3 Å². The van der Waals surface area contributed by atoms with Gasteiger partial charge in [-0.15, -0.1) is 0 Å². The maximum atomic E-state index is 4.37. The Labute approximate surface area is 117 Å². The lowest BCUT2D eigenvalue weighted by atomic mass is 10.2. The minimum Gasteiger partial charge on any atom is -0.305 e. The molecule has 0 saturated heterocycles. The molecule has 1 aromatic carbocycles. The maximum absolute atomic E-state index is 4.37. The van der Waals surface area contributed by atoms with Crippen LogP contribution in [0.1, 0.15) is 5.69 Å². The van der Waals surface area contributed by atoms with Gasteiger partial charge in [0.1, 0.15) is 0 Å². The topological polar surface area (TPSA) is 41.9 Å². The quantitative estimate of drug-likeness (QED) is 0.724. The summed E-state index contributed by atoms with van der Waals surface area (Å²) in [5.41, 5.74) is 2.02. The van der Waals surface area contributed by atoms with Crippen molar-refractivity contribution >= 4 is 11.6 Å². The molecule has 4 heteroatoms. The van der Waals surface area contributed by atoms with Gasteiger partial charge in [-0.2, -0.15) is 0 Å². The van der Waals surface area contributed by atoms with Crippen LogP contribution in [0, 0.1) is 0 Å². The number of benzene rings is 1. The lowest BCUT2D eigenvalue weighted by Gasteiger charge is -2.22. The van der Waals surface area contributed by atoms with E-state index in [9.17, 15) is 0 Å². The third-order valence-electron chi connectivity index (χ3n) is 2.91. The SMILES string of the molecule is c1ccc(N(Cc2ccccn2)c2ncccn2)cc1. The fraction of sp³-hybridized carbons (Fsp3) is 0.0625. The summed E-state index contributed by atoms with van der Waals surface area (Å²) in [6.45, 7) is 0.634. The second kappa shape index (κ2) is 5.93. The van der Waals surface area contributed by atoms with Crippen molar-refractivity contribution < 1.29 is 0 Å². The van der Waals surface area contributed by atoms with E-state index in [0.717, 1.165) is 11.4 Å². The second-order valence-corrected chi connectivity index (χ2v) is 4.29. The van der Waals surface area contributed by atoms with Crippen LogP contribution >= 0.6 is 0 Å². The van der Waals surface area contributed by atoms with Gasteiger partial charge in [0, 0.05) is 24.3 Å². The second-order valence-electron chi connectivity index (χ2n) is 4.29. The van der Waals surface area contributed by atoms with E-state index < -0.39 is 0 Å². The van der Waals surface area contributed by atoms with E-state index in [2.05, 4.69) is 15.0 Å². The van der Waals surface area contributed by atoms with Gasteiger partial charge in [0.2, 0.25) is 5.95 Å². The van der Waals surface area contributed by atoms with E-state index in [1.807, 2.05) is 59.5 Å². The predicted molar refractivity (Wildman–Crippen MR) is 78.6 cm³/mol. The third-order valence-corrected chi connectivity index (χ3v) is 2.91. The smallest absolute Gasteiger partial charge is 0.230 e. The van der Waals surface area contributed by atoms with Crippen molar-refractivity contribution in [3.05, 3.63) is 78.9 Å². The van der Waals surface area contributed by atoms with Crippen LogP contribution in [0.4, 0.5) is 11.6 Å². The van der Waals surface area contributed by atoms with Crippen molar-refractivity contribution in [2.24, 2.45) is 0 Å². The van der Waals surface area contributed by atoms with Gasteiger partial charge in [-0.3, -0.25) is 4.98 Å². The van der Waals surface area contributed by atoms with E-state index in [-0.39, 0.29) is 0 Å². The summed E-state index contributed by atoms with van der Waals surface area (Å²) < 4.78 is 0. The Morgan fingerprint density at radius 1 is 0.700 bits per heavy atom. The van der Waals surface area contributed by atoms with E-state index >= 15 is 0 Å². The lowest BCUT2D eigenvalue weighted by molar-refractivity contribution is 0.880. The van der Waals surface area contributed by atoms with Gasteiger partial charge in [-0.25, -0.2) is 9.97 Å². The van der Waals surface area contributed by atoms with Gasteiger partial charge < -0.3 is 4.90 Å². The fourth-order valence-electron chi connectivity index (χ4n) is 1.97. The molecule has 0 aliphatic heterocycles. The Bertz CT molecular complexity index is 602. The van der Waals surface area contributed by atoms with Crippen molar-refractivity contribution in [3.63, 3.8) is 0 Å². The standard InChI is InChI=1S/C16H14N4/c1-2-8-15(9-3-1)20(16-18-11-6-12-19-16)13-14-7-4-5-10-17-14/h1-12H,13H2. The van der Waals surface area contributed by atoms with Crippen LogP contribution in [0.15, 0.2) is 73.2 Å². The molecule has 0 amide bonds. The van der Waals surface area contributed by atoms with Crippen LogP contribution in [0.25, 0.3) is 0 Å². The van der Waals surface area contributed by atoms with Gasteiger partial charge in [0.15, 0.2) is 0 Å². The highest BCUT2D eigenvalue weighted by Crippen LogP contribution is 2.22. The van der Waals surface area contributed by atoms with Crippen molar-refractivity contribution in [2.75, 3.05) is 4.90 Å². The summed E-state index contributed by atoms with van der Waals surface area (Å²) in [6.07, 6.45) is 5.29. The van der Waals surface area contributed by atoms with Crippen LogP contribution < -0.4 is 4.90 Å². The average molecular weight is 262 g/mol. The molecule has 4 nitrogen and oxygen atoms in total. The minimum absolute atomic E-state index is 0.634. The summed E-state index contributed by atoms with van der Waals surface area (Å²) in [7, 11) is 0. The molecule has 2 aromatic heterocycles. The summed E-state index contributed by atoms with van der Waals surface area (Å²) in [4.78, 5) is 15.1. The van der Waals surface area contributed by atoms with Crippen LogP contribution in [-0.4, -0.2) is 15.0 Å². The van der Waals surface area contributed by atoms with E-state index in [1.54, 1.807) is 18.6 Å². The van der Waals surface area contributed by atoms with E-state index in [4.69, 9.17) is 0 Å². The highest BCUT2D eigenvalue weighted by molar-refractivity contribution is 5.56. The predicted octanol–water partition coefficient (Wildman–Crippen LogP) is 3.21. The molecule has 3 rings (SSSR count). The highest BCUT2D eigenvalue weighted by atomic mass is 15.3. The first kappa shape index (κ1) is 12.3. The molecule has 0 saturated carbocycles. The zero-order valence-electron chi connectivity index (χ0n) is 10.9. The molecule has 0 radical (unpaired) electrons. The van der Waals surface area contributed by atoms with Crippen molar-refractivity contribution in [1.29, 1.82) is 0 Å². The van der Waals surface area contributed by atoms with Crippen LogP contribution in [-0.2, 0) is 6.54 Å². The van der Waals surface area contributed by atoms with Crippen molar-refractivity contribution in [1.82, 2.24) is 15.0 Å². The summed E-state index contributed by atoms with van der Waals surface area (Å²) >= 11 is 0. The summed E-state index contributed by atoms with van der Waals surface area (Å²) in [6, 6.07) is 17.8. The maximum Gasteiger partial charge on any atom is 0.230 e. The lowest BCUT2D eigenvalue weighted by Crippen LogP contribution is -2.19. The van der Waals surface area contributed by atoms with E-state index in [1.165, 1.54) is 0 Å². The first-order valence-electron chi connectivity index (χ1n) is 6.43. The monoisotopic (exact) mass is 262 g/mol. The molecular weight excluding hydrogens is 248 g/mol. The first-order chi connectivity index (χ1) is 9.93. The van der Waals surface area contributed by atoms with Crippen molar-refractivity contribution in [2.45, 2.75) is 6.54 Å². The molecule has 98 valence electrons. The number of aromatic nitrogens is 3. The minimum atomic E-state index is 0.634. The molecule has 0 atom stereocenters. The van der Waals surface area contributed by atoms with Crippen LogP contribution in [0.5, 0.6) is 0 Å². The van der Waals surface area contributed by atoms with E-state index in [0.29, 0.717) is 12.5 Å². The fourth-order valence-corrected chi connectivity index (χ4v) is 1.97. The molecule has 20 heavy (non-hydrogen) atoms. The molecule has 0 aliphatic carbocycles. The molecular formula is C16H14N4. The highest BCUT2D eigenvalue weighted by Gasteiger charge is 2.12. The number of para-hydroxylation sites is 1. The zero-order chi connectivity index (χ0) is 13.6. The van der Waals surface area contributed by atoms with Gasteiger partial charge in [0.25, 0.3) is 0 Å². The Hall–Kier alpha value is -2.75. The number of hydrogen-bond donors (Lipinski definition) is 0. The van der Waals surface area contributed by atoms with Crippen molar-refractivity contribution in [3.8, 4) is 0 Å². The third kappa shape index (κ3) is 2.80. The molecule has 0 aliphatic rings. The number of anilines is 2. The molecule has 0 bridgehead atoms. The van der Waals surface area contributed by atoms with Gasteiger partial charge in [-0.05, 0) is 30.3 Å². The largest absolute Gasteiger partial charge is 0.305 e. The molecule has 0 fully saturated rings.